The minimum atomic E-state index is -1.17. The predicted molar refractivity (Wildman–Crippen MR) is 76.9 cm³/mol. The maximum absolute atomic E-state index is 11.8. The third kappa shape index (κ3) is 4.87. The van der Waals surface area contributed by atoms with Crippen LogP contribution in [0.15, 0.2) is 18.3 Å². The van der Waals surface area contributed by atoms with Gasteiger partial charge in [-0.1, -0.05) is 20.3 Å². The molecule has 0 spiro atoms. The van der Waals surface area contributed by atoms with Crippen molar-refractivity contribution >= 4 is 17.7 Å². The molecular formula is C14H21N3O3. The van der Waals surface area contributed by atoms with Crippen LogP contribution in [0.2, 0.25) is 0 Å². The van der Waals surface area contributed by atoms with Crippen LogP contribution in [0.5, 0.6) is 0 Å². The molecule has 0 saturated heterocycles. The molecule has 1 aromatic rings. The smallest absolute Gasteiger partial charge is 0.356 e. The highest BCUT2D eigenvalue weighted by atomic mass is 16.4. The van der Waals surface area contributed by atoms with Gasteiger partial charge in [-0.05, 0) is 31.4 Å². The molecule has 0 aromatic carbocycles. The second kappa shape index (κ2) is 7.47. The van der Waals surface area contributed by atoms with E-state index in [0.29, 0.717) is 5.92 Å². The molecule has 1 heterocycles. The molecule has 2 unspecified atom stereocenters. The maximum atomic E-state index is 11.8. The van der Waals surface area contributed by atoms with E-state index in [-0.39, 0.29) is 17.4 Å². The number of amides is 2. The second-order valence-corrected chi connectivity index (χ2v) is 4.95. The molecule has 0 radical (unpaired) electrons. The van der Waals surface area contributed by atoms with Gasteiger partial charge in [0.05, 0.1) is 5.69 Å². The Bertz CT molecular complexity index is 476. The Balaban J connectivity index is 2.61. The summed E-state index contributed by atoms with van der Waals surface area (Å²) in [6, 6.07) is 2.69. The molecule has 2 amide bonds. The zero-order valence-electron chi connectivity index (χ0n) is 12.0. The van der Waals surface area contributed by atoms with Crippen molar-refractivity contribution in [3.63, 3.8) is 0 Å². The molecule has 0 aliphatic rings. The Kier molecular flexibility index (Phi) is 5.96. The molecule has 1 rings (SSSR count). The number of urea groups is 1. The van der Waals surface area contributed by atoms with E-state index in [1.54, 1.807) is 6.07 Å². The topological polar surface area (TPSA) is 91.3 Å². The quantitative estimate of drug-likeness (QED) is 0.746. The van der Waals surface area contributed by atoms with Crippen molar-refractivity contribution < 1.29 is 14.7 Å². The van der Waals surface area contributed by atoms with Crippen molar-refractivity contribution in [1.82, 2.24) is 10.3 Å². The van der Waals surface area contributed by atoms with Gasteiger partial charge in [0.25, 0.3) is 0 Å². The van der Waals surface area contributed by atoms with Gasteiger partial charge in [0.1, 0.15) is 0 Å². The van der Waals surface area contributed by atoms with E-state index in [1.165, 1.54) is 12.3 Å². The van der Waals surface area contributed by atoms with E-state index < -0.39 is 12.0 Å². The predicted octanol–water partition coefficient (Wildman–Crippen LogP) is 2.73. The molecule has 3 N–H and O–H groups in total. The number of carbonyl (C=O) groups is 2. The largest absolute Gasteiger partial charge is 0.476 e. The lowest BCUT2D eigenvalue weighted by molar-refractivity contribution is 0.0692. The number of anilines is 1. The van der Waals surface area contributed by atoms with Crippen LogP contribution in [0.4, 0.5) is 10.5 Å². The third-order valence-electron chi connectivity index (χ3n) is 3.09. The molecule has 0 fully saturated rings. The molecule has 20 heavy (non-hydrogen) atoms. The number of hydrogen-bond acceptors (Lipinski definition) is 3. The van der Waals surface area contributed by atoms with Gasteiger partial charge >= 0.3 is 12.0 Å². The van der Waals surface area contributed by atoms with Crippen molar-refractivity contribution in [3.8, 4) is 0 Å². The lowest BCUT2D eigenvalue weighted by Crippen LogP contribution is -2.37. The first-order valence-electron chi connectivity index (χ1n) is 6.69. The normalized spacial score (nSPS) is 13.3. The van der Waals surface area contributed by atoms with Gasteiger partial charge in [0.2, 0.25) is 0 Å². The number of nitrogens with one attached hydrogen (secondary N) is 2. The highest BCUT2D eigenvalue weighted by Crippen LogP contribution is 2.13. The zero-order chi connectivity index (χ0) is 15.1. The molecule has 1 aromatic heterocycles. The van der Waals surface area contributed by atoms with Crippen LogP contribution in [0.3, 0.4) is 0 Å². The van der Waals surface area contributed by atoms with E-state index in [0.717, 1.165) is 12.8 Å². The van der Waals surface area contributed by atoms with E-state index in [2.05, 4.69) is 29.5 Å². The van der Waals surface area contributed by atoms with Gasteiger partial charge in [0.15, 0.2) is 5.69 Å². The SMILES string of the molecule is CCC(C)CC(C)NC(=O)Nc1cccnc1C(=O)O. The highest BCUT2D eigenvalue weighted by Gasteiger charge is 2.15. The Morgan fingerprint density at radius 2 is 2.10 bits per heavy atom. The minimum Gasteiger partial charge on any atom is -0.476 e. The number of rotatable bonds is 6. The summed E-state index contributed by atoms with van der Waals surface area (Å²) in [5, 5.41) is 14.3. The maximum Gasteiger partial charge on any atom is 0.356 e. The molecule has 110 valence electrons. The van der Waals surface area contributed by atoms with E-state index >= 15 is 0 Å². The van der Waals surface area contributed by atoms with Gasteiger partial charge in [-0.25, -0.2) is 14.6 Å². The first-order valence-corrected chi connectivity index (χ1v) is 6.69. The summed E-state index contributed by atoms with van der Waals surface area (Å²) in [6.07, 6.45) is 3.31. The molecule has 6 heteroatoms. The standard InChI is InChI=1S/C14H21N3O3/c1-4-9(2)8-10(3)16-14(20)17-11-6-5-7-15-12(11)13(18)19/h5-7,9-10H,4,8H2,1-3H3,(H,18,19)(H2,16,17,20). The Labute approximate surface area is 118 Å². The number of hydrogen-bond donors (Lipinski definition) is 3. The van der Waals surface area contributed by atoms with Crippen molar-refractivity contribution in [2.24, 2.45) is 5.92 Å². The number of pyridine rings is 1. The van der Waals surface area contributed by atoms with Crippen molar-refractivity contribution in [2.75, 3.05) is 5.32 Å². The Hall–Kier alpha value is -2.11. The second-order valence-electron chi connectivity index (χ2n) is 4.95. The lowest BCUT2D eigenvalue weighted by atomic mass is 10.0. The summed E-state index contributed by atoms with van der Waals surface area (Å²) in [5.41, 5.74) is 0.0190. The molecular weight excluding hydrogens is 258 g/mol. The Morgan fingerprint density at radius 3 is 2.70 bits per heavy atom. The van der Waals surface area contributed by atoms with Crippen LogP contribution in [-0.4, -0.2) is 28.1 Å². The van der Waals surface area contributed by atoms with Crippen molar-refractivity contribution in [3.05, 3.63) is 24.0 Å². The van der Waals surface area contributed by atoms with Gasteiger partial charge in [-0.3, -0.25) is 0 Å². The summed E-state index contributed by atoms with van der Waals surface area (Å²) < 4.78 is 0. The highest BCUT2D eigenvalue weighted by molar-refractivity contribution is 5.98. The summed E-state index contributed by atoms with van der Waals surface area (Å²) in [6.45, 7) is 6.15. The van der Waals surface area contributed by atoms with E-state index in [1.807, 2.05) is 6.92 Å². The molecule has 0 bridgehead atoms. The molecule has 6 nitrogen and oxygen atoms in total. The number of carboxylic acids is 1. The number of carboxylic acid groups (broad SMARTS) is 1. The van der Waals surface area contributed by atoms with E-state index in [9.17, 15) is 9.59 Å². The minimum absolute atomic E-state index is 0.0231. The monoisotopic (exact) mass is 279 g/mol. The van der Waals surface area contributed by atoms with Crippen LogP contribution in [-0.2, 0) is 0 Å². The van der Waals surface area contributed by atoms with Crippen LogP contribution in [0.25, 0.3) is 0 Å². The number of carbonyl (C=O) groups excluding carboxylic acids is 1. The van der Waals surface area contributed by atoms with Crippen molar-refractivity contribution in [1.29, 1.82) is 0 Å². The van der Waals surface area contributed by atoms with Gasteiger partial charge in [-0.2, -0.15) is 0 Å². The fraction of sp³-hybridized carbons (Fsp3) is 0.500. The van der Waals surface area contributed by atoms with Gasteiger partial charge in [-0.15, -0.1) is 0 Å². The van der Waals surface area contributed by atoms with Crippen LogP contribution in [0, 0.1) is 5.92 Å². The zero-order valence-corrected chi connectivity index (χ0v) is 12.0. The first-order chi connectivity index (χ1) is 9.43. The molecule has 0 aliphatic carbocycles. The van der Waals surface area contributed by atoms with Crippen LogP contribution < -0.4 is 10.6 Å². The summed E-state index contributed by atoms with van der Waals surface area (Å²) >= 11 is 0. The average molecular weight is 279 g/mol. The fourth-order valence-electron chi connectivity index (χ4n) is 1.89. The van der Waals surface area contributed by atoms with E-state index in [4.69, 9.17) is 5.11 Å². The van der Waals surface area contributed by atoms with Gasteiger partial charge in [0, 0.05) is 12.2 Å². The number of nitrogens with zero attached hydrogens (tertiary/aromatic N) is 1. The summed E-state index contributed by atoms with van der Waals surface area (Å²) in [5.74, 6) is -0.646. The molecule has 0 aliphatic heterocycles. The van der Waals surface area contributed by atoms with Crippen LogP contribution in [0.1, 0.15) is 44.1 Å². The van der Waals surface area contributed by atoms with Crippen LogP contribution >= 0.6 is 0 Å². The number of aromatic carboxylic acids is 1. The Morgan fingerprint density at radius 1 is 1.40 bits per heavy atom. The number of aromatic nitrogens is 1. The van der Waals surface area contributed by atoms with Crippen molar-refractivity contribution in [2.45, 2.75) is 39.7 Å². The summed E-state index contributed by atoms with van der Waals surface area (Å²) in [7, 11) is 0. The molecule has 2 atom stereocenters. The lowest BCUT2D eigenvalue weighted by Gasteiger charge is -2.18. The fourth-order valence-corrected chi connectivity index (χ4v) is 1.89. The van der Waals surface area contributed by atoms with Gasteiger partial charge < -0.3 is 15.7 Å². The first kappa shape index (κ1) is 15.9. The molecule has 0 saturated carbocycles. The average Bonchev–Trinajstić information content (AvgIpc) is 2.38. The third-order valence-corrected chi connectivity index (χ3v) is 3.09. The summed E-state index contributed by atoms with van der Waals surface area (Å²) in [4.78, 5) is 26.5.